The zero-order valence-corrected chi connectivity index (χ0v) is 10.5. The molecule has 0 spiro atoms. The highest BCUT2D eigenvalue weighted by atomic mass is 16.2. The standard InChI is InChI=1S/C13H18N2O2/c1-3-11(16)13(7-5-9-14,8-6-10-15)12(17)4-2/h3-8H2,1-2H3. The van der Waals surface area contributed by atoms with Crippen molar-refractivity contribution in [2.75, 3.05) is 0 Å². The molecule has 0 unspecified atom stereocenters. The van der Waals surface area contributed by atoms with Crippen LogP contribution in [0.1, 0.15) is 52.4 Å². The van der Waals surface area contributed by atoms with Crippen molar-refractivity contribution in [1.29, 1.82) is 10.5 Å². The summed E-state index contributed by atoms with van der Waals surface area (Å²) in [5.74, 6) is -0.287. The van der Waals surface area contributed by atoms with Crippen molar-refractivity contribution in [3.05, 3.63) is 0 Å². The van der Waals surface area contributed by atoms with E-state index in [2.05, 4.69) is 0 Å². The van der Waals surface area contributed by atoms with Gasteiger partial charge in [-0.1, -0.05) is 13.8 Å². The molecule has 0 heterocycles. The van der Waals surface area contributed by atoms with Crippen LogP contribution in [0, 0.1) is 28.1 Å². The summed E-state index contributed by atoms with van der Waals surface area (Å²) < 4.78 is 0. The average molecular weight is 234 g/mol. The van der Waals surface area contributed by atoms with Gasteiger partial charge in [0.15, 0.2) is 0 Å². The van der Waals surface area contributed by atoms with Crippen LogP contribution in [0.15, 0.2) is 0 Å². The lowest BCUT2D eigenvalue weighted by Crippen LogP contribution is -2.39. The molecule has 17 heavy (non-hydrogen) atoms. The van der Waals surface area contributed by atoms with Gasteiger partial charge in [-0.05, 0) is 12.8 Å². The molecule has 0 aliphatic rings. The first-order valence-corrected chi connectivity index (χ1v) is 5.89. The fourth-order valence-electron chi connectivity index (χ4n) is 2.05. The summed E-state index contributed by atoms with van der Waals surface area (Å²) >= 11 is 0. The number of carbonyl (C=O) groups excluding carboxylic acids is 2. The summed E-state index contributed by atoms with van der Waals surface area (Å²) in [6.45, 7) is 3.41. The Morgan fingerprint density at radius 1 is 0.941 bits per heavy atom. The molecule has 0 radical (unpaired) electrons. The highest BCUT2D eigenvalue weighted by Gasteiger charge is 2.41. The topological polar surface area (TPSA) is 81.7 Å². The second-order valence-corrected chi connectivity index (χ2v) is 3.95. The highest BCUT2D eigenvalue weighted by molar-refractivity contribution is 6.06. The summed E-state index contributed by atoms with van der Waals surface area (Å²) in [5.41, 5.74) is -1.10. The molecule has 0 rings (SSSR count). The minimum Gasteiger partial charge on any atom is -0.299 e. The van der Waals surface area contributed by atoms with E-state index < -0.39 is 5.41 Å². The van der Waals surface area contributed by atoms with Crippen LogP contribution in [0.5, 0.6) is 0 Å². The average Bonchev–Trinajstić information content (AvgIpc) is 2.37. The molecule has 0 atom stereocenters. The predicted octanol–water partition coefficient (Wildman–Crippen LogP) is 2.54. The van der Waals surface area contributed by atoms with E-state index in [4.69, 9.17) is 10.5 Å². The van der Waals surface area contributed by atoms with Crippen molar-refractivity contribution in [3.63, 3.8) is 0 Å². The van der Waals surface area contributed by atoms with Crippen molar-refractivity contribution >= 4 is 11.6 Å². The SMILES string of the molecule is CCC(=O)C(CCC#N)(CCC#N)C(=O)CC. The Hall–Kier alpha value is -1.68. The van der Waals surface area contributed by atoms with Crippen LogP contribution in [-0.4, -0.2) is 11.6 Å². The highest BCUT2D eigenvalue weighted by Crippen LogP contribution is 2.34. The molecular formula is C13H18N2O2. The van der Waals surface area contributed by atoms with Crippen LogP contribution in [-0.2, 0) is 9.59 Å². The summed E-state index contributed by atoms with van der Waals surface area (Å²) in [7, 11) is 0. The monoisotopic (exact) mass is 234 g/mol. The number of carbonyl (C=O) groups is 2. The zero-order chi connectivity index (χ0) is 13.3. The van der Waals surface area contributed by atoms with Gasteiger partial charge in [0.1, 0.15) is 11.6 Å². The van der Waals surface area contributed by atoms with Gasteiger partial charge < -0.3 is 0 Å². The van der Waals surface area contributed by atoms with Crippen LogP contribution in [0.3, 0.4) is 0 Å². The van der Waals surface area contributed by atoms with E-state index in [1.165, 1.54) is 0 Å². The Kier molecular flexibility index (Phi) is 6.82. The van der Waals surface area contributed by atoms with Crippen LogP contribution in [0.25, 0.3) is 0 Å². The van der Waals surface area contributed by atoms with Gasteiger partial charge in [-0.2, -0.15) is 10.5 Å². The number of hydrogen-bond donors (Lipinski definition) is 0. The summed E-state index contributed by atoms with van der Waals surface area (Å²) in [6.07, 6.45) is 1.35. The molecule has 0 aromatic carbocycles. The van der Waals surface area contributed by atoms with E-state index in [1.54, 1.807) is 13.8 Å². The smallest absolute Gasteiger partial charge is 0.146 e. The third kappa shape index (κ3) is 3.67. The van der Waals surface area contributed by atoms with Crippen LogP contribution in [0.4, 0.5) is 0 Å². The molecule has 4 nitrogen and oxygen atoms in total. The Labute approximate surface area is 102 Å². The quantitative estimate of drug-likeness (QED) is 0.604. The second kappa shape index (κ2) is 7.57. The van der Waals surface area contributed by atoms with Gasteiger partial charge >= 0.3 is 0 Å². The third-order valence-electron chi connectivity index (χ3n) is 3.04. The van der Waals surface area contributed by atoms with Gasteiger partial charge in [-0.3, -0.25) is 9.59 Å². The lowest BCUT2D eigenvalue weighted by Gasteiger charge is -2.29. The van der Waals surface area contributed by atoms with Gasteiger partial charge in [0.2, 0.25) is 0 Å². The molecule has 0 aromatic rings. The molecular weight excluding hydrogens is 216 g/mol. The lowest BCUT2D eigenvalue weighted by molar-refractivity contribution is -0.141. The number of ketones is 2. The van der Waals surface area contributed by atoms with Crippen LogP contribution in [0.2, 0.25) is 0 Å². The van der Waals surface area contributed by atoms with Crippen molar-refractivity contribution < 1.29 is 9.59 Å². The summed E-state index contributed by atoms with van der Waals surface area (Å²) in [4.78, 5) is 24.0. The Morgan fingerprint density at radius 3 is 1.53 bits per heavy atom. The number of Topliss-reactive ketones (excluding diaryl/α,β-unsaturated/α-hetero) is 2. The fraction of sp³-hybridized carbons (Fsp3) is 0.692. The molecule has 0 aliphatic carbocycles. The normalized spacial score (nSPS) is 10.4. The van der Waals surface area contributed by atoms with E-state index in [1.807, 2.05) is 12.1 Å². The molecule has 92 valence electrons. The molecule has 0 saturated heterocycles. The molecule has 0 N–H and O–H groups in total. The first kappa shape index (κ1) is 15.3. The van der Waals surface area contributed by atoms with E-state index in [0.717, 1.165) is 0 Å². The Bertz CT molecular complexity index is 325. The third-order valence-corrected chi connectivity index (χ3v) is 3.04. The largest absolute Gasteiger partial charge is 0.299 e. The fourth-order valence-corrected chi connectivity index (χ4v) is 2.05. The van der Waals surface area contributed by atoms with Gasteiger partial charge in [-0.25, -0.2) is 0 Å². The maximum absolute atomic E-state index is 12.0. The van der Waals surface area contributed by atoms with Gasteiger partial charge in [0, 0.05) is 25.7 Å². The van der Waals surface area contributed by atoms with E-state index >= 15 is 0 Å². The molecule has 0 bridgehead atoms. The van der Waals surface area contributed by atoms with Crippen LogP contribution >= 0.6 is 0 Å². The maximum Gasteiger partial charge on any atom is 0.146 e. The molecule has 0 aliphatic heterocycles. The summed E-state index contributed by atoms with van der Waals surface area (Å²) in [5, 5.41) is 17.3. The Morgan fingerprint density at radius 2 is 1.29 bits per heavy atom. The number of rotatable bonds is 8. The van der Waals surface area contributed by atoms with Crippen molar-refractivity contribution in [2.24, 2.45) is 5.41 Å². The van der Waals surface area contributed by atoms with Gasteiger partial charge in [0.25, 0.3) is 0 Å². The molecule has 0 saturated carbocycles. The second-order valence-electron chi connectivity index (χ2n) is 3.95. The van der Waals surface area contributed by atoms with E-state index in [9.17, 15) is 9.59 Å². The minimum absolute atomic E-state index is 0.144. The first-order valence-electron chi connectivity index (χ1n) is 5.89. The van der Waals surface area contributed by atoms with Crippen molar-refractivity contribution in [1.82, 2.24) is 0 Å². The summed E-state index contributed by atoms with van der Waals surface area (Å²) in [6, 6.07) is 3.94. The zero-order valence-electron chi connectivity index (χ0n) is 10.5. The predicted molar refractivity (Wildman–Crippen MR) is 62.7 cm³/mol. The van der Waals surface area contributed by atoms with Gasteiger partial charge in [-0.15, -0.1) is 0 Å². The van der Waals surface area contributed by atoms with Crippen LogP contribution < -0.4 is 0 Å². The number of nitriles is 2. The van der Waals surface area contributed by atoms with Crippen molar-refractivity contribution in [2.45, 2.75) is 52.4 Å². The maximum atomic E-state index is 12.0. The molecule has 0 amide bonds. The molecule has 0 fully saturated rings. The van der Waals surface area contributed by atoms with E-state index in [-0.39, 0.29) is 50.1 Å². The lowest BCUT2D eigenvalue weighted by atomic mass is 9.70. The van der Waals surface area contributed by atoms with E-state index in [0.29, 0.717) is 0 Å². The number of hydrogen-bond acceptors (Lipinski definition) is 4. The number of nitrogens with zero attached hydrogens (tertiary/aromatic N) is 2. The minimum atomic E-state index is -1.10. The Balaban J connectivity index is 5.21. The molecule has 0 aromatic heterocycles. The first-order chi connectivity index (χ1) is 8.08. The molecule has 4 heteroatoms. The van der Waals surface area contributed by atoms with Gasteiger partial charge in [0.05, 0.1) is 17.6 Å². The van der Waals surface area contributed by atoms with Crippen molar-refractivity contribution in [3.8, 4) is 12.1 Å².